The number of hydrogen-bond acceptors (Lipinski definition) is 6. The van der Waals surface area contributed by atoms with E-state index in [0.29, 0.717) is 45.3 Å². The van der Waals surface area contributed by atoms with E-state index in [0.717, 1.165) is 35.2 Å². The van der Waals surface area contributed by atoms with Gasteiger partial charge in [0.15, 0.2) is 17.3 Å². The predicted octanol–water partition coefficient (Wildman–Crippen LogP) is 7.26. The molecular weight excluding hydrogens is 568 g/mol. The number of ether oxygens (including phenoxy) is 3. The van der Waals surface area contributed by atoms with Crippen molar-refractivity contribution in [3.05, 3.63) is 73.9 Å². The Morgan fingerprint density at radius 1 is 1.21 bits per heavy atom. The summed E-state index contributed by atoms with van der Waals surface area (Å²) >= 11 is 10.1. The van der Waals surface area contributed by atoms with Crippen LogP contribution in [-0.4, -0.2) is 25.5 Å². The Hall–Kier alpha value is -2.95. The van der Waals surface area contributed by atoms with Gasteiger partial charge in [-0.2, -0.15) is 5.26 Å². The van der Waals surface area contributed by atoms with E-state index >= 15 is 0 Å². The van der Waals surface area contributed by atoms with Gasteiger partial charge in [-0.3, -0.25) is 4.79 Å². The van der Waals surface area contributed by atoms with Crippen molar-refractivity contribution in [1.29, 1.82) is 5.26 Å². The van der Waals surface area contributed by atoms with Crippen LogP contribution in [0.3, 0.4) is 0 Å². The number of nitrogens with zero attached hydrogens (tertiary/aromatic N) is 1. The molecule has 1 aliphatic heterocycles. The van der Waals surface area contributed by atoms with Crippen LogP contribution in [-0.2, 0) is 11.4 Å². The molecule has 1 aliphatic carbocycles. The molecule has 0 amide bonds. The molecule has 6 nitrogen and oxygen atoms in total. The van der Waals surface area contributed by atoms with Crippen LogP contribution in [0.25, 0.3) is 0 Å². The third-order valence-corrected chi connectivity index (χ3v) is 7.98. The minimum Gasteiger partial charge on any atom is -0.495 e. The lowest BCUT2D eigenvalue weighted by Gasteiger charge is -2.38. The molecule has 3 unspecified atom stereocenters. The number of hydrogen-bond donors (Lipinski definition) is 1. The molecule has 0 spiro atoms. The van der Waals surface area contributed by atoms with Gasteiger partial charge in [-0.25, -0.2) is 0 Å². The van der Waals surface area contributed by atoms with Crippen LogP contribution in [0.2, 0.25) is 5.02 Å². The molecule has 3 atom stereocenters. The van der Waals surface area contributed by atoms with Crippen LogP contribution in [0.4, 0.5) is 0 Å². The smallest absolute Gasteiger partial charge is 0.175 e. The van der Waals surface area contributed by atoms with E-state index < -0.39 is 11.8 Å². The highest BCUT2D eigenvalue weighted by molar-refractivity contribution is 9.10. The normalized spacial score (nSPS) is 20.7. The number of methoxy groups -OCH3 is 1. The number of carbonyl (C=O) groups is 1. The van der Waals surface area contributed by atoms with E-state index in [9.17, 15) is 10.1 Å². The number of Topliss-reactive ketones (excluding diaryl/α,β-unsaturated/α-hetero) is 1. The number of benzene rings is 2. The van der Waals surface area contributed by atoms with Gasteiger partial charge < -0.3 is 19.5 Å². The van der Waals surface area contributed by atoms with Gasteiger partial charge in [0.2, 0.25) is 0 Å². The van der Waals surface area contributed by atoms with Crippen LogP contribution in [0.15, 0.2) is 57.7 Å². The summed E-state index contributed by atoms with van der Waals surface area (Å²) in [6.07, 6.45) is 4.35. The molecule has 2 aliphatic rings. The van der Waals surface area contributed by atoms with Crippen LogP contribution in [0.5, 0.6) is 17.2 Å². The number of carbonyl (C=O) groups excluding carboxylic acids is 1. The molecule has 1 heterocycles. The lowest BCUT2D eigenvalue weighted by molar-refractivity contribution is -0.115. The number of ketones is 1. The van der Waals surface area contributed by atoms with E-state index in [2.05, 4.69) is 40.3 Å². The highest BCUT2D eigenvalue weighted by Crippen LogP contribution is 2.47. The lowest BCUT2D eigenvalue weighted by atomic mass is 9.70. The van der Waals surface area contributed by atoms with Gasteiger partial charge in [-0.05, 0) is 66.0 Å². The standard InChI is InChI=1S/C30H32BrClN2O4/c1-5-8-18-11-23-28(24(35)12-18)27(21(15-33)17(3)34-23)20-13-22(31)30(26(14-20)37-6-2)38-16-19-9-7-10-25(36-4)29(19)32/h7,9-11,13-14,17,21,27,34H,5-6,8,12,16H2,1-4H3. The van der Waals surface area contributed by atoms with E-state index in [4.69, 9.17) is 25.8 Å². The summed E-state index contributed by atoms with van der Waals surface area (Å²) in [6, 6.07) is 11.7. The van der Waals surface area contributed by atoms with E-state index in [1.54, 1.807) is 13.2 Å². The average Bonchev–Trinajstić information content (AvgIpc) is 2.88. The number of nitrogens with one attached hydrogen (secondary N) is 1. The number of nitriles is 1. The van der Waals surface area contributed by atoms with Crippen molar-refractivity contribution in [2.75, 3.05) is 13.7 Å². The molecule has 0 radical (unpaired) electrons. The van der Waals surface area contributed by atoms with E-state index in [-0.39, 0.29) is 18.4 Å². The minimum atomic E-state index is -0.428. The number of halogens is 2. The van der Waals surface area contributed by atoms with Crippen LogP contribution < -0.4 is 19.5 Å². The van der Waals surface area contributed by atoms with Gasteiger partial charge in [0.25, 0.3) is 0 Å². The van der Waals surface area contributed by atoms with Crippen molar-refractivity contribution in [2.45, 2.75) is 58.6 Å². The monoisotopic (exact) mass is 598 g/mol. The van der Waals surface area contributed by atoms with Crippen molar-refractivity contribution in [3.8, 4) is 23.3 Å². The first-order valence-corrected chi connectivity index (χ1v) is 14.0. The van der Waals surface area contributed by atoms with Crippen LogP contribution in [0, 0.1) is 17.2 Å². The Morgan fingerprint density at radius 3 is 2.68 bits per heavy atom. The Balaban J connectivity index is 1.75. The molecule has 0 fully saturated rings. The molecule has 0 aromatic heterocycles. The fourth-order valence-electron chi connectivity index (χ4n) is 5.24. The van der Waals surface area contributed by atoms with Crippen molar-refractivity contribution < 1.29 is 19.0 Å². The maximum Gasteiger partial charge on any atom is 0.175 e. The van der Waals surface area contributed by atoms with E-state index in [1.165, 1.54) is 0 Å². The predicted molar refractivity (Wildman–Crippen MR) is 152 cm³/mol. The topological polar surface area (TPSA) is 80.6 Å². The van der Waals surface area contributed by atoms with Crippen molar-refractivity contribution in [3.63, 3.8) is 0 Å². The summed E-state index contributed by atoms with van der Waals surface area (Å²) in [4.78, 5) is 13.4. The zero-order chi connectivity index (χ0) is 27.4. The van der Waals surface area contributed by atoms with Gasteiger partial charge in [0.05, 0.1) is 35.2 Å². The van der Waals surface area contributed by atoms with Crippen LogP contribution >= 0.6 is 27.5 Å². The molecule has 4 rings (SSSR count). The summed E-state index contributed by atoms with van der Waals surface area (Å²) in [5, 5.41) is 14.1. The third-order valence-electron chi connectivity index (χ3n) is 6.96. The van der Waals surface area contributed by atoms with Crippen molar-refractivity contribution >= 4 is 33.3 Å². The minimum absolute atomic E-state index is 0.0673. The summed E-state index contributed by atoms with van der Waals surface area (Å²) < 4.78 is 18.2. The largest absolute Gasteiger partial charge is 0.495 e. The number of rotatable bonds is 9. The highest BCUT2D eigenvalue weighted by Gasteiger charge is 2.41. The molecule has 0 bridgehead atoms. The molecule has 1 N–H and O–H groups in total. The maximum absolute atomic E-state index is 13.4. The molecule has 8 heteroatoms. The van der Waals surface area contributed by atoms with Gasteiger partial charge in [-0.15, -0.1) is 0 Å². The van der Waals surface area contributed by atoms with Gasteiger partial charge in [0, 0.05) is 35.2 Å². The number of allylic oxidation sites excluding steroid dienone is 3. The molecule has 2 aromatic rings. The fourth-order valence-corrected chi connectivity index (χ4v) is 6.07. The molecule has 38 heavy (non-hydrogen) atoms. The Morgan fingerprint density at radius 2 is 2.00 bits per heavy atom. The first-order valence-electron chi connectivity index (χ1n) is 12.9. The van der Waals surface area contributed by atoms with Crippen LogP contribution in [0.1, 0.15) is 57.1 Å². The first-order chi connectivity index (χ1) is 18.3. The van der Waals surface area contributed by atoms with Crippen molar-refractivity contribution in [2.24, 2.45) is 5.92 Å². The Kier molecular flexibility index (Phi) is 9.07. The van der Waals surface area contributed by atoms with Gasteiger partial charge in [0.1, 0.15) is 12.4 Å². The second-order valence-electron chi connectivity index (χ2n) is 9.53. The van der Waals surface area contributed by atoms with E-state index in [1.807, 2.05) is 38.1 Å². The summed E-state index contributed by atoms with van der Waals surface area (Å²) in [5.41, 5.74) is 4.23. The summed E-state index contributed by atoms with van der Waals surface area (Å²) in [7, 11) is 1.57. The average molecular weight is 600 g/mol. The second-order valence-corrected chi connectivity index (χ2v) is 10.8. The molecule has 0 saturated heterocycles. The molecule has 200 valence electrons. The lowest BCUT2D eigenvalue weighted by Crippen LogP contribution is -2.44. The molecule has 2 aromatic carbocycles. The highest BCUT2D eigenvalue weighted by atomic mass is 79.9. The zero-order valence-corrected chi connectivity index (χ0v) is 24.4. The Bertz CT molecular complexity index is 1330. The Labute approximate surface area is 237 Å². The second kappa shape index (κ2) is 12.3. The molecule has 0 saturated carbocycles. The first kappa shape index (κ1) is 28.1. The van der Waals surface area contributed by atoms with Gasteiger partial charge in [-0.1, -0.05) is 42.7 Å². The summed E-state index contributed by atoms with van der Waals surface area (Å²) in [5.74, 6) is 0.883. The zero-order valence-electron chi connectivity index (χ0n) is 22.1. The maximum atomic E-state index is 13.4. The third kappa shape index (κ3) is 5.57. The quantitative estimate of drug-likeness (QED) is 0.327. The van der Waals surface area contributed by atoms with Gasteiger partial charge >= 0.3 is 0 Å². The van der Waals surface area contributed by atoms with Crippen molar-refractivity contribution in [1.82, 2.24) is 5.32 Å². The SMILES string of the molecule is CCCC1=CC2=C(C(=O)C1)C(c1cc(Br)c(OCc3cccc(OC)c3Cl)c(OCC)c1)C(C#N)C(C)N2. The fraction of sp³-hybridized carbons (Fsp3) is 0.400. The molecular formula is C30H32BrClN2O4. The summed E-state index contributed by atoms with van der Waals surface area (Å²) in [6.45, 7) is 6.63.